The molecule has 0 aromatic carbocycles. The normalized spacial score (nSPS) is 25.3. The third kappa shape index (κ3) is 2.24. The van der Waals surface area contributed by atoms with Crippen molar-refractivity contribution in [3.05, 3.63) is 12.3 Å². The molecule has 1 saturated heterocycles. The van der Waals surface area contributed by atoms with Gasteiger partial charge in [-0.2, -0.15) is 0 Å². The minimum atomic E-state index is -0.372. The van der Waals surface area contributed by atoms with Crippen LogP contribution in [0, 0.1) is 5.41 Å². The highest BCUT2D eigenvalue weighted by molar-refractivity contribution is 6.45. The minimum absolute atomic E-state index is 0.0493. The first kappa shape index (κ1) is 10.7. The average molecular weight is 208 g/mol. The van der Waals surface area contributed by atoms with E-state index in [1.54, 1.807) is 13.0 Å². The van der Waals surface area contributed by atoms with Crippen molar-refractivity contribution in [2.24, 2.45) is 5.41 Å². The van der Waals surface area contributed by atoms with Gasteiger partial charge in [0.25, 0.3) is 0 Å². The van der Waals surface area contributed by atoms with Crippen molar-refractivity contribution in [3.8, 4) is 0 Å². The third-order valence-corrected chi connectivity index (χ3v) is 3.52. The molecule has 0 saturated carbocycles. The molecule has 0 unspecified atom stereocenters. The number of nitrogens with zero attached hydrogens (tertiary/aromatic N) is 1. The highest BCUT2D eigenvalue weighted by atomic mass is 16.2. The molecule has 2 N–H and O–H groups in total. The van der Waals surface area contributed by atoms with Crippen LogP contribution in [0.4, 0.5) is 0 Å². The highest BCUT2D eigenvalue weighted by Crippen LogP contribution is 2.37. The van der Waals surface area contributed by atoms with Gasteiger partial charge < -0.3 is 15.2 Å². The number of nitrogens with one attached hydrogen (secondary N) is 1. The Bertz CT molecular complexity index is 283. The van der Waals surface area contributed by atoms with E-state index >= 15 is 0 Å². The Morgan fingerprint density at radius 2 is 2.20 bits per heavy atom. The van der Waals surface area contributed by atoms with Gasteiger partial charge in [-0.3, -0.25) is 4.79 Å². The Labute approximate surface area is 90.5 Å². The molecule has 4 nitrogen and oxygen atoms in total. The minimum Gasteiger partial charge on any atom is -0.437 e. The summed E-state index contributed by atoms with van der Waals surface area (Å²) in [5.41, 5.74) is 0.0493. The smallest absolute Gasteiger partial charge is 0.376 e. The molecule has 0 aliphatic carbocycles. The monoisotopic (exact) mass is 208 g/mol. The van der Waals surface area contributed by atoms with E-state index in [-0.39, 0.29) is 18.4 Å². The summed E-state index contributed by atoms with van der Waals surface area (Å²) in [5, 5.41) is 12.1. The van der Waals surface area contributed by atoms with Gasteiger partial charge in [-0.15, -0.1) is 0 Å². The van der Waals surface area contributed by atoms with Crippen molar-refractivity contribution >= 4 is 13.0 Å². The standard InChI is InChI=1S/C10H17BN2O2/c1-11(15)13-6-3-10(4-7-13)2-5-12-9(14)8-10/h2,5,15H,3-4,6-8H2,1H3,(H,12,14). The van der Waals surface area contributed by atoms with Crippen LogP contribution >= 0.6 is 0 Å². The fraction of sp³-hybridized carbons (Fsp3) is 0.700. The molecular formula is C10H17BN2O2. The maximum atomic E-state index is 11.3. The zero-order valence-electron chi connectivity index (χ0n) is 9.07. The zero-order valence-corrected chi connectivity index (χ0v) is 9.07. The molecule has 2 aliphatic heterocycles. The maximum absolute atomic E-state index is 11.3. The van der Waals surface area contributed by atoms with Crippen LogP contribution in [0.25, 0.3) is 0 Å². The van der Waals surface area contributed by atoms with Crippen molar-refractivity contribution in [2.75, 3.05) is 13.1 Å². The molecule has 1 amide bonds. The summed E-state index contributed by atoms with van der Waals surface area (Å²) in [6, 6.07) is 0. The summed E-state index contributed by atoms with van der Waals surface area (Å²) in [5.74, 6) is 0.114. The number of hydrogen-bond donors (Lipinski definition) is 2. The molecule has 2 aliphatic rings. The van der Waals surface area contributed by atoms with Crippen LogP contribution in [-0.4, -0.2) is 35.9 Å². The lowest BCUT2D eigenvalue weighted by molar-refractivity contribution is -0.123. The van der Waals surface area contributed by atoms with Crippen LogP contribution in [0.2, 0.25) is 6.82 Å². The largest absolute Gasteiger partial charge is 0.437 e. The summed E-state index contributed by atoms with van der Waals surface area (Å²) >= 11 is 0. The fourth-order valence-electron chi connectivity index (χ4n) is 2.43. The second-order valence-electron chi connectivity index (χ2n) is 4.61. The predicted molar refractivity (Wildman–Crippen MR) is 59.0 cm³/mol. The second-order valence-corrected chi connectivity index (χ2v) is 4.61. The molecular weight excluding hydrogens is 191 g/mol. The first-order chi connectivity index (χ1) is 7.11. The Kier molecular flexibility index (Phi) is 2.84. The van der Waals surface area contributed by atoms with E-state index in [0.717, 1.165) is 25.9 Å². The number of carbonyl (C=O) groups is 1. The molecule has 0 radical (unpaired) electrons. The molecule has 0 bridgehead atoms. The van der Waals surface area contributed by atoms with Crippen LogP contribution < -0.4 is 5.32 Å². The van der Waals surface area contributed by atoms with Crippen LogP contribution in [0.1, 0.15) is 19.3 Å². The molecule has 1 fully saturated rings. The van der Waals surface area contributed by atoms with Crippen molar-refractivity contribution in [2.45, 2.75) is 26.1 Å². The van der Waals surface area contributed by atoms with Gasteiger partial charge in [-0.1, -0.05) is 6.08 Å². The SMILES string of the molecule is CB(O)N1CCC2(C=CNC(=O)C2)CC1. The predicted octanol–water partition coefficient (Wildman–Crippen LogP) is 0.212. The highest BCUT2D eigenvalue weighted by Gasteiger charge is 2.37. The van der Waals surface area contributed by atoms with Crippen molar-refractivity contribution < 1.29 is 9.82 Å². The van der Waals surface area contributed by atoms with Crippen LogP contribution in [0.3, 0.4) is 0 Å². The van der Waals surface area contributed by atoms with E-state index < -0.39 is 0 Å². The van der Waals surface area contributed by atoms with Crippen molar-refractivity contribution in [1.82, 2.24) is 10.1 Å². The number of piperidine rings is 1. The van der Waals surface area contributed by atoms with Gasteiger partial charge in [0.05, 0.1) is 0 Å². The van der Waals surface area contributed by atoms with Gasteiger partial charge in [0.15, 0.2) is 0 Å². The lowest BCUT2D eigenvalue weighted by Crippen LogP contribution is -2.48. The Balaban J connectivity index is 2.00. The summed E-state index contributed by atoms with van der Waals surface area (Å²) < 4.78 is 0. The first-order valence-corrected chi connectivity index (χ1v) is 5.51. The lowest BCUT2D eigenvalue weighted by Gasteiger charge is -2.41. The quantitative estimate of drug-likeness (QED) is 0.605. The molecule has 0 atom stereocenters. The van der Waals surface area contributed by atoms with Gasteiger partial charge in [0.2, 0.25) is 5.91 Å². The zero-order chi connectivity index (χ0) is 10.9. The average Bonchev–Trinajstić information content (AvgIpc) is 2.18. The molecule has 1 spiro atoms. The van der Waals surface area contributed by atoms with E-state index in [1.165, 1.54) is 0 Å². The Morgan fingerprint density at radius 3 is 2.73 bits per heavy atom. The fourth-order valence-corrected chi connectivity index (χ4v) is 2.43. The number of amides is 1. The van der Waals surface area contributed by atoms with Gasteiger partial charge in [-0.25, -0.2) is 0 Å². The van der Waals surface area contributed by atoms with Gasteiger partial charge in [0.1, 0.15) is 0 Å². The van der Waals surface area contributed by atoms with Crippen LogP contribution in [0.15, 0.2) is 12.3 Å². The van der Waals surface area contributed by atoms with E-state index in [9.17, 15) is 9.82 Å². The van der Waals surface area contributed by atoms with E-state index in [1.807, 2.05) is 4.81 Å². The van der Waals surface area contributed by atoms with Crippen molar-refractivity contribution in [1.29, 1.82) is 0 Å². The second kappa shape index (κ2) is 3.98. The summed E-state index contributed by atoms with van der Waals surface area (Å²) in [7, 11) is -0.372. The van der Waals surface area contributed by atoms with Crippen molar-refractivity contribution in [3.63, 3.8) is 0 Å². The van der Waals surface area contributed by atoms with E-state index in [0.29, 0.717) is 6.42 Å². The molecule has 0 aromatic heterocycles. The maximum Gasteiger partial charge on any atom is 0.376 e. The Hall–Kier alpha value is -0.805. The topological polar surface area (TPSA) is 52.6 Å². The molecule has 15 heavy (non-hydrogen) atoms. The van der Waals surface area contributed by atoms with Gasteiger partial charge in [-0.05, 0) is 32.8 Å². The van der Waals surface area contributed by atoms with Crippen LogP contribution in [-0.2, 0) is 4.79 Å². The Morgan fingerprint density at radius 1 is 1.53 bits per heavy atom. The number of rotatable bonds is 1. The molecule has 5 heteroatoms. The number of allylic oxidation sites excluding steroid dienone is 1. The lowest BCUT2D eigenvalue weighted by atomic mass is 9.71. The third-order valence-electron chi connectivity index (χ3n) is 3.52. The number of carbonyl (C=O) groups excluding carboxylic acids is 1. The number of hydrogen-bond acceptors (Lipinski definition) is 3. The molecule has 2 rings (SSSR count). The molecule has 0 aromatic rings. The summed E-state index contributed by atoms with van der Waals surface area (Å²) in [6.45, 7) is 3.53. The summed E-state index contributed by atoms with van der Waals surface area (Å²) in [6.07, 6.45) is 6.40. The van der Waals surface area contributed by atoms with Crippen LogP contribution in [0.5, 0.6) is 0 Å². The molecule has 2 heterocycles. The van der Waals surface area contributed by atoms with Gasteiger partial charge in [0, 0.05) is 18.0 Å². The molecule has 82 valence electrons. The summed E-state index contributed by atoms with van der Waals surface area (Å²) in [4.78, 5) is 13.4. The van der Waals surface area contributed by atoms with E-state index in [2.05, 4.69) is 11.4 Å². The van der Waals surface area contributed by atoms with E-state index in [4.69, 9.17) is 0 Å². The van der Waals surface area contributed by atoms with Gasteiger partial charge >= 0.3 is 7.05 Å². The first-order valence-electron chi connectivity index (χ1n) is 5.51.